The Balaban J connectivity index is 2.27. The van der Waals surface area contributed by atoms with Crippen molar-refractivity contribution in [3.8, 4) is 0 Å². The molecular formula is C15H24N2S. The lowest BCUT2D eigenvalue weighted by Gasteiger charge is -2.34. The molecule has 0 saturated carbocycles. The van der Waals surface area contributed by atoms with Crippen LogP contribution in [0.3, 0.4) is 0 Å². The number of thioether (sulfide) groups is 1. The lowest BCUT2D eigenvalue weighted by Crippen LogP contribution is -2.39. The monoisotopic (exact) mass is 264 g/mol. The zero-order valence-electron chi connectivity index (χ0n) is 11.6. The van der Waals surface area contributed by atoms with Gasteiger partial charge in [-0.05, 0) is 49.8 Å². The summed E-state index contributed by atoms with van der Waals surface area (Å²) >= 11 is 2.06. The van der Waals surface area contributed by atoms with Gasteiger partial charge in [-0.2, -0.15) is 11.8 Å². The van der Waals surface area contributed by atoms with Crippen LogP contribution in [0.5, 0.6) is 0 Å². The minimum atomic E-state index is 0.356. The second-order valence-corrected chi connectivity index (χ2v) is 6.39. The Labute approximate surface area is 115 Å². The van der Waals surface area contributed by atoms with Gasteiger partial charge in [-0.3, -0.25) is 4.90 Å². The van der Waals surface area contributed by atoms with Gasteiger partial charge in [0.15, 0.2) is 0 Å². The number of hydrogen-bond acceptors (Lipinski definition) is 3. The summed E-state index contributed by atoms with van der Waals surface area (Å²) in [5.41, 5.74) is 10.2. The van der Waals surface area contributed by atoms with Gasteiger partial charge in [0.2, 0.25) is 0 Å². The van der Waals surface area contributed by atoms with Gasteiger partial charge >= 0.3 is 0 Å². The van der Waals surface area contributed by atoms with Crippen molar-refractivity contribution in [2.45, 2.75) is 32.4 Å². The average Bonchev–Trinajstić information content (AvgIpc) is 2.87. The number of benzene rings is 1. The van der Waals surface area contributed by atoms with Crippen molar-refractivity contribution in [1.82, 2.24) is 4.90 Å². The molecule has 0 radical (unpaired) electrons. The average molecular weight is 264 g/mol. The van der Waals surface area contributed by atoms with E-state index in [0.29, 0.717) is 18.6 Å². The molecule has 1 aromatic carbocycles. The van der Waals surface area contributed by atoms with Crippen LogP contribution in [0, 0.1) is 13.8 Å². The third-order valence-electron chi connectivity index (χ3n) is 4.07. The predicted molar refractivity (Wildman–Crippen MR) is 81.2 cm³/mol. The quantitative estimate of drug-likeness (QED) is 0.906. The van der Waals surface area contributed by atoms with Crippen LogP contribution in [0.1, 0.15) is 29.2 Å². The topological polar surface area (TPSA) is 29.3 Å². The van der Waals surface area contributed by atoms with E-state index in [4.69, 9.17) is 5.73 Å². The molecule has 1 aliphatic rings. The fraction of sp³-hybridized carbons (Fsp3) is 0.600. The number of rotatable bonds is 4. The third-order valence-corrected chi connectivity index (χ3v) is 5.22. The molecule has 3 heteroatoms. The summed E-state index contributed by atoms with van der Waals surface area (Å²) in [6, 6.07) is 7.56. The van der Waals surface area contributed by atoms with E-state index in [1.165, 1.54) is 34.6 Å². The van der Waals surface area contributed by atoms with Crippen LogP contribution in [0.4, 0.5) is 0 Å². The summed E-state index contributed by atoms with van der Waals surface area (Å²) in [5.74, 6) is 2.54. The summed E-state index contributed by atoms with van der Waals surface area (Å²) in [6.45, 7) is 5.09. The maximum atomic E-state index is 6.06. The van der Waals surface area contributed by atoms with E-state index < -0.39 is 0 Å². The molecule has 2 rings (SSSR count). The van der Waals surface area contributed by atoms with Crippen molar-refractivity contribution >= 4 is 11.8 Å². The normalized spacial score (nSPS) is 21.5. The van der Waals surface area contributed by atoms with E-state index in [9.17, 15) is 0 Å². The van der Waals surface area contributed by atoms with Crippen molar-refractivity contribution in [3.05, 3.63) is 34.9 Å². The zero-order valence-corrected chi connectivity index (χ0v) is 12.5. The highest BCUT2D eigenvalue weighted by molar-refractivity contribution is 7.99. The summed E-state index contributed by atoms with van der Waals surface area (Å²) in [5, 5.41) is 0. The van der Waals surface area contributed by atoms with Crippen LogP contribution in [0.2, 0.25) is 0 Å². The van der Waals surface area contributed by atoms with Crippen molar-refractivity contribution < 1.29 is 0 Å². The van der Waals surface area contributed by atoms with Gasteiger partial charge in [-0.1, -0.05) is 18.2 Å². The van der Waals surface area contributed by atoms with E-state index in [-0.39, 0.29) is 0 Å². The van der Waals surface area contributed by atoms with Crippen molar-refractivity contribution in [3.63, 3.8) is 0 Å². The third kappa shape index (κ3) is 2.73. The highest BCUT2D eigenvalue weighted by Crippen LogP contribution is 2.31. The lowest BCUT2D eigenvalue weighted by atomic mass is 9.94. The lowest BCUT2D eigenvalue weighted by molar-refractivity contribution is 0.192. The van der Waals surface area contributed by atoms with Gasteiger partial charge in [0.05, 0.1) is 0 Å². The maximum Gasteiger partial charge on any atom is 0.0475 e. The van der Waals surface area contributed by atoms with Crippen LogP contribution in [0.15, 0.2) is 18.2 Å². The smallest absolute Gasteiger partial charge is 0.0475 e. The SMILES string of the molecule is Cc1cccc(C)c1C(CN)N(C)C1CCSC1. The molecule has 1 fully saturated rings. The van der Waals surface area contributed by atoms with Crippen molar-refractivity contribution in [2.75, 3.05) is 25.1 Å². The second kappa shape index (κ2) is 6.09. The molecule has 2 atom stereocenters. The van der Waals surface area contributed by atoms with E-state index >= 15 is 0 Å². The van der Waals surface area contributed by atoms with Crippen molar-refractivity contribution in [2.24, 2.45) is 5.73 Å². The minimum absolute atomic E-state index is 0.356. The van der Waals surface area contributed by atoms with Crippen molar-refractivity contribution in [1.29, 1.82) is 0 Å². The Morgan fingerprint density at radius 2 is 2.06 bits per heavy atom. The number of hydrogen-bond donors (Lipinski definition) is 1. The van der Waals surface area contributed by atoms with Crippen LogP contribution < -0.4 is 5.73 Å². The molecule has 0 amide bonds. The highest BCUT2D eigenvalue weighted by Gasteiger charge is 2.27. The van der Waals surface area contributed by atoms with Crippen LogP contribution >= 0.6 is 11.8 Å². The molecule has 0 aromatic heterocycles. The molecule has 100 valence electrons. The van der Waals surface area contributed by atoms with Gasteiger partial charge in [0, 0.05) is 24.4 Å². The fourth-order valence-corrected chi connectivity index (χ4v) is 4.22. The largest absolute Gasteiger partial charge is 0.329 e. The van der Waals surface area contributed by atoms with Crippen LogP contribution in [-0.4, -0.2) is 36.0 Å². The summed E-state index contributed by atoms with van der Waals surface area (Å²) in [4.78, 5) is 2.50. The fourth-order valence-electron chi connectivity index (χ4n) is 2.94. The molecule has 1 aromatic rings. The first-order chi connectivity index (χ1) is 8.65. The second-order valence-electron chi connectivity index (χ2n) is 5.24. The number of nitrogens with zero attached hydrogens (tertiary/aromatic N) is 1. The van der Waals surface area contributed by atoms with Gasteiger partial charge in [0.25, 0.3) is 0 Å². The van der Waals surface area contributed by atoms with Gasteiger partial charge in [-0.25, -0.2) is 0 Å². The van der Waals surface area contributed by atoms with Gasteiger partial charge in [0.1, 0.15) is 0 Å². The van der Waals surface area contributed by atoms with E-state index in [1.54, 1.807) is 0 Å². The molecular weight excluding hydrogens is 240 g/mol. The van der Waals surface area contributed by atoms with E-state index in [0.717, 1.165) is 0 Å². The molecule has 2 N–H and O–H groups in total. The standard InChI is InChI=1S/C15H24N2S/c1-11-5-4-6-12(2)15(11)14(9-16)17(3)13-7-8-18-10-13/h4-6,13-14H,7-10,16H2,1-3H3. The summed E-state index contributed by atoms with van der Waals surface area (Å²) in [7, 11) is 2.24. The van der Waals surface area contributed by atoms with Crippen LogP contribution in [-0.2, 0) is 0 Å². The van der Waals surface area contributed by atoms with Gasteiger partial charge in [-0.15, -0.1) is 0 Å². The Kier molecular flexibility index (Phi) is 4.71. The Morgan fingerprint density at radius 3 is 2.56 bits per heavy atom. The molecule has 2 nitrogen and oxygen atoms in total. The molecule has 2 unspecified atom stereocenters. The minimum Gasteiger partial charge on any atom is -0.329 e. The molecule has 0 spiro atoms. The maximum absolute atomic E-state index is 6.06. The predicted octanol–water partition coefficient (Wildman–Crippen LogP) is 2.74. The summed E-state index contributed by atoms with van der Waals surface area (Å²) in [6.07, 6.45) is 1.29. The first-order valence-corrected chi connectivity index (χ1v) is 7.86. The molecule has 18 heavy (non-hydrogen) atoms. The van der Waals surface area contributed by atoms with E-state index in [2.05, 4.69) is 55.8 Å². The Morgan fingerprint density at radius 1 is 1.39 bits per heavy atom. The molecule has 0 aliphatic carbocycles. The number of aryl methyl sites for hydroxylation is 2. The number of nitrogens with two attached hydrogens (primary N) is 1. The molecule has 1 aliphatic heterocycles. The van der Waals surface area contributed by atoms with Crippen LogP contribution in [0.25, 0.3) is 0 Å². The number of likely N-dealkylation sites (N-methyl/N-ethyl adjacent to an activating group) is 1. The first kappa shape index (κ1) is 13.9. The zero-order chi connectivity index (χ0) is 13.1. The molecule has 1 heterocycles. The molecule has 1 saturated heterocycles. The molecule has 0 bridgehead atoms. The highest BCUT2D eigenvalue weighted by atomic mass is 32.2. The first-order valence-electron chi connectivity index (χ1n) is 6.71. The Bertz CT molecular complexity index is 379. The Hall–Kier alpha value is -0.510. The summed E-state index contributed by atoms with van der Waals surface area (Å²) < 4.78 is 0. The van der Waals surface area contributed by atoms with Gasteiger partial charge < -0.3 is 5.73 Å². The van der Waals surface area contributed by atoms with E-state index in [1.807, 2.05) is 0 Å².